The Balaban J connectivity index is 2.02. The van der Waals surface area contributed by atoms with Gasteiger partial charge in [0.2, 0.25) is 0 Å². The minimum atomic E-state index is -0.954. The Morgan fingerprint density at radius 1 is 1.29 bits per heavy atom. The van der Waals surface area contributed by atoms with Gasteiger partial charge in [0, 0.05) is 23.4 Å². The van der Waals surface area contributed by atoms with Crippen LogP contribution in [0.25, 0.3) is 0 Å². The van der Waals surface area contributed by atoms with Gasteiger partial charge < -0.3 is 14.4 Å². The van der Waals surface area contributed by atoms with Gasteiger partial charge in [0.1, 0.15) is 17.8 Å². The Hall–Kier alpha value is -1.95. The van der Waals surface area contributed by atoms with E-state index in [-0.39, 0.29) is 11.8 Å². The van der Waals surface area contributed by atoms with Crippen LogP contribution in [-0.2, 0) is 11.2 Å². The summed E-state index contributed by atoms with van der Waals surface area (Å²) in [5, 5.41) is 0. The molecule has 0 amide bonds. The quantitative estimate of drug-likeness (QED) is 0.692. The van der Waals surface area contributed by atoms with E-state index in [4.69, 9.17) is 4.74 Å². The second-order valence-electron chi connectivity index (χ2n) is 5.76. The predicted octanol–water partition coefficient (Wildman–Crippen LogP) is 4.86. The number of anilines is 1. The average molecular weight is 396 g/mol. The van der Waals surface area contributed by atoms with Crippen molar-refractivity contribution in [3.63, 3.8) is 0 Å². The summed E-state index contributed by atoms with van der Waals surface area (Å²) in [7, 11) is 0. The summed E-state index contributed by atoms with van der Waals surface area (Å²) < 4.78 is 33.1. The molecule has 6 heteroatoms. The number of ether oxygens (including phenoxy) is 1. The molecule has 3 rings (SSSR count). The molecule has 3 nitrogen and oxygen atoms in total. The third-order valence-electron chi connectivity index (χ3n) is 4.22. The Morgan fingerprint density at radius 3 is 2.79 bits per heavy atom. The third-order valence-corrected chi connectivity index (χ3v) is 4.85. The summed E-state index contributed by atoms with van der Waals surface area (Å²) in [6, 6.07) is 7.48. The molecular weight excluding hydrogens is 380 g/mol. The van der Waals surface area contributed by atoms with Crippen LogP contribution in [0.15, 0.2) is 34.8 Å². The molecule has 0 fully saturated rings. The molecule has 1 heterocycles. The minimum Gasteiger partial charge on any atom is -0.456 e. The predicted molar refractivity (Wildman–Crippen MR) is 91.8 cm³/mol. The van der Waals surface area contributed by atoms with E-state index < -0.39 is 11.6 Å². The largest absolute Gasteiger partial charge is 0.456 e. The molecule has 1 unspecified atom stereocenters. The first kappa shape index (κ1) is 16.9. The molecule has 126 valence electrons. The second kappa shape index (κ2) is 6.89. The van der Waals surface area contributed by atoms with E-state index in [0.717, 1.165) is 47.0 Å². The lowest BCUT2D eigenvalue weighted by atomic mass is 9.96. The molecule has 0 saturated carbocycles. The zero-order valence-corrected chi connectivity index (χ0v) is 14.6. The molecule has 0 saturated heterocycles. The molecule has 0 bridgehead atoms. The van der Waals surface area contributed by atoms with Gasteiger partial charge in [-0.15, -0.1) is 0 Å². The van der Waals surface area contributed by atoms with Gasteiger partial charge in [-0.25, -0.2) is 8.78 Å². The number of hydrogen-bond acceptors (Lipinski definition) is 3. The maximum atomic E-state index is 13.4. The van der Waals surface area contributed by atoms with Crippen molar-refractivity contribution in [2.45, 2.75) is 25.8 Å². The highest BCUT2D eigenvalue weighted by atomic mass is 79.9. The van der Waals surface area contributed by atoms with Crippen LogP contribution in [0.3, 0.4) is 0 Å². The fourth-order valence-electron chi connectivity index (χ4n) is 2.97. The number of carbonyl (C=O) groups is 1. The maximum Gasteiger partial charge on any atom is 0.162 e. The van der Waals surface area contributed by atoms with Crippen molar-refractivity contribution < 1.29 is 18.3 Å². The van der Waals surface area contributed by atoms with Gasteiger partial charge in [0.15, 0.2) is 11.6 Å². The molecule has 2 aromatic rings. The van der Waals surface area contributed by atoms with Gasteiger partial charge >= 0.3 is 0 Å². The smallest absolute Gasteiger partial charge is 0.162 e. The molecule has 1 atom stereocenters. The number of nitrogens with zero attached hydrogens (tertiary/aromatic N) is 1. The normalized spacial score (nSPS) is 16.7. The number of rotatable bonds is 4. The third kappa shape index (κ3) is 3.15. The van der Waals surface area contributed by atoms with Crippen molar-refractivity contribution in [1.82, 2.24) is 0 Å². The fraction of sp³-hybridized carbons (Fsp3) is 0.278. The number of fused-ring (bicyclic) bond motifs is 1. The first-order valence-electron chi connectivity index (χ1n) is 7.66. The molecule has 0 N–H and O–H groups in total. The van der Waals surface area contributed by atoms with Crippen molar-refractivity contribution in [3.8, 4) is 11.5 Å². The van der Waals surface area contributed by atoms with E-state index in [1.165, 1.54) is 6.07 Å². The van der Waals surface area contributed by atoms with Crippen molar-refractivity contribution in [2.75, 3.05) is 11.4 Å². The van der Waals surface area contributed by atoms with Gasteiger partial charge in [-0.3, -0.25) is 0 Å². The van der Waals surface area contributed by atoms with Crippen molar-refractivity contribution >= 4 is 27.9 Å². The van der Waals surface area contributed by atoms with Gasteiger partial charge in [-0.2, -0.15) is 0 Å². The van der Waals surface area contributed by atoms with Crippen LogP contribution < -0.4 is 9.64 Å². The van der Waals surface area contributed by atoms with E-state index in [1.807, 2.05) is 17.0 Å². The van der Waals surface area contributed by atoms with E-state index in [9.17, 15) is 13.6 Å². The number of carbonyl (C=O) groups excluding carboxylic acids is 1. The Bertz CT molecular complexity index is 782. The Kier molecular flexibility index (Phi) is 4.85. The summed E-state index contributed by atoms with van der Waals surface area (Å²) in [5.74, 6) is -1.07. The van der Waals surface area contributed by atoms with E-state index in [2.05, 4.69) is 22.9 Å². The lowest BCUT2D eigenvalue weighted by Crippen LogP contribution is -2.38. The molecule has 2 aromatic carbocycles. The van der Waals surface area contributed by atoms with Crippen LogP contribution in [-0.4, -0.2) is 18.9 Å². The summed E-state index contributed by atoms with van der Waals surface area (Å²) >= 11 is 3.46. The lowest BCUT2D eigenvalue weighted by Gasteiger charge is -2.36. The maximum absolute atomic E-state index is 13.4. The van der Waals surface area contributed by atoms with E-state index in [0.29, 0.717) is 12.3 Å². The van der Waals surface area contributed by atoms with Crippen LogP contribution in [0.1, 0.15) is 18.9 Å². The van der Waals surface area contributed by atoms with Crippen molar-refractivity contribution in [3.05, 3.63) is 52.0 Å². The first-order chi connectivity index (χ1) is 11.5. The second-order valence-corrected chi connectivity index (χ2v) is 6.61. The molecule has 0 aromatic heterocycles. The lowest BCUT2D eigenvalue weighted by molar-refractivity contribution is -0.106. The highest BCUT2D eigenvalue weighted by Crippen LogP contribution is 2.42. The van der Waals surface area contributed by atoms with Crippen LogP contribution in [0.4, 0.5) is 14.5 Å². The fourth-order valence-corrected chi connectivity index (χ4v) is 3.43. The standard InChI is InChI=1S/C18H16BrF2NO2/c1-11-2-4-13-17(22(11)8-9-23)7-5-14(19)18(13)24-12-3-6-15(20)16(21)10-12/h3,5-7,9-11H,2,4,8H2,1H3. The summed E-state index contributed by atoms with van der Waals surface area (Å²) in [6.07, 6.45) is 2.54. The summed E-state index contributed by atoms with van der Waals surface area (Å²) in [5.41, 5.74) is 1.88. The van der Waals surface area contributed by atoms with Crippen LogP contribution in [0, 0.1) is 11.6 Å². The Morgan fingerprint density at radius 2 is 2.08 bits per heavy atom. The molecule has 0 aliphatic carbocycles. The zero-order chi connectivity index (χ0) is 17.3. The Labute approximate surface area is 147 Å². The van der Waals surface area contributed by atoms with Crippen molar-refractivity contribution in [1.29, 1.82) is 0 Å². The molecular formula is C18H16BrF2NO2. The van der Waals surface area contributed by atoms with Crippen LogP contribution >= 0.6 is 15.9 Å². The van der Waals surface area contributed by atoms with Gasteiger partial charge in [-0.05, 0) is 60.0 Å². The molecule has 0 radical (unpaired) electrons. The summed E-state index contributed by atoms with van der Waals surface area (Å²) in [4.78, 5) is 13.0. The first-order valence-corrected chi connectivity index (χ1v) is 8.45. The monoisotopic (exact) mass is 395 g/mol. The zero-order valence-electron chi connectivity index (χ0n) is 13.1. The molecule has 1 aliphatic heterocycles. The van der Waals surface area contributed by atoms with Crippen LogP contribution in [0.2, 0.25) is 0 Å². The number of aldehydes is 1. The van der Waals surface area contributed by atoms with Gasteiger partial charge in [0.25, 0.3) is 0 Å². The van der Waals surface area contributed by atoms with Crippen LogP contribution in [0.5, 0.6) is 11.5 Å². The topological polar surface area (TPSA) is 29.5 Å². The van der Waals surface area contributed by atoms with Gasteiger partial charge in [-0.1, -0.05) is 0 Å². The highest BCUT2D eigenvalue weighted by molar-refractivity contribution is 9.10. The number of halogens is 3. The SMILES string of the molecule is CC1CCc2c(ccc(Br)c2Oc2ccc(F)c(F)c2)N1CC=O. The number of benzene rings is 2. The molecule has 24 heavy (non-hydrogen) atoms. The molecule has 1 aliphatic rings. The van der Waals surface area contributed by atoms with Crippen molar-refractivity contribution in [2.24, 2.45) is 0 Å². The summed E-state index contributed by atoms with van der Waals surface area (Å²) in [6.45, 7) is 2.38. The van der Waals surface area contributed by atoms with E-state index >= 15 is 0 Å². The van der Waals surface area contributed by atoms with Gasteiger partial charge in [0.05, 0.1) is 11.0 Å². The van der Waals surface area contributed by atoms with E-state index in [1.54, 1.807) is 0 Å². The number of hydrogen-bond donors (Lipinski definition) is 0. The average Bonchev–Trinajstić information content (AvgIpc) is 2.56. The highest BCUT2D eigenvalue weighted by Gasteiger charge is 2.26. The minimum absolute atomic E-state index is 0.226. The molecule has 0 spiro atoms.